The molecule has 3 aromatic rings. The van der Waals surface area contributed by atoms with Gasteiger partial charge in [0.25, 0.3) is 0 Å². The molecule has 0 saturated carbocycles. The number of hydrogen-bond acceptors (Lipinski definition) is 5. The fourth-order valence-electron chi connectivity index (χ4n) is 3.38. The van der Waals surface area contributed by atoms with Gasteiger partial charge in [-0.2, -0.15) is 0 Å². The zero-order valence-electron chi connectivity index (χ0n) is 17.8. The molecule has 0 N–H and O–H groups in total. The van der Waals surface area contributed by atoms with E-state index >= 15 is 0 Å². The summed E-state index contributed by atoms with van der Waals surface area (Å²) in [5.41, 5.74) is 5.22. The molecule has 0 radical (unpaired) electrons. The van der Waals surface area contributed by atoms with Crippen molar-refractivity contribution >= 4 is 44.6 Å². The molecule has 30 heavy (non-hydrogen) atoms. The van der Waals surface area contributed by atoms with Crippen LogP contribution in [-0.4, -0.2) is 11.7 Å². The summed E-state index contributed by atoms with van der Waals surface area (Å²) in [4.78, 5) is 25.4. The highest BCUT2D eigenvalue weighted by Crippen LogP contribution is 2.29. The molecule has 0 spiro atoms. The van der Waals surface area contributed by atoms with Gasteiger partial charge in [0.1, 0.15) is 12.2 Å². The van der Waals surface area contributed by atoms with Crippen molar-refractivity contribution < 1.29 is 13.9 Å². The van der Waals surface area contributed by atoms with Crippen LogP contribution in [-0.2, 0) is 16.1 Å². The van der Waals surface area contributed by atoms with Gasteiger partial charge in [0.2, 0.25) is 0 Å². The van der Waals surface area contributed by atoms with Gasteiger partial charge in [0.15, 0.2) is 0 Å². The van der Waals surface area contributed by atoms with Crippen LogP contribution in [0.3, 0.4) is 0 Å². The molecule has 2 aromatic carbocycles. The summed E-state index contributed by atoms with van der Waals surface area (Å²) < 4.78 is 11.9. The number of carbonyl (C=O) groups is 1. The van der Waals surface area contributed by atoms with Crippen LogP contribution in [0, 0.1) is 20.8 Å². The lowest BCUT2D eigenvalue weighted by atomic mass is 9.95. The summed E-state index contributed by atoms with van der Waals surface area (Å²) in [5, 5.41) is 0.809. The Bertz CT molecular complexity index is 1160. The fraction of sp³-hybridized carbons (Fsp3) is 0.333. The van der Waals surface area contributed by atoms with Crippen LogP contribution in [0.15, 0.2) is 48.9 Å². The molecule has 0 unspecified atom stereocenters. The van der Waals surface area contributed by atoms with Crippen LogP contribution in [0.5, 0.6) is 0 Å². The van der Waals surface area contributed by atoms with E-state index in [2.05, 4.69) is 35.8 Å². The first-order chi connectivity index (χ1) is 14.2. The Balaban J connectivity index is 1.75. The van der Waals surface area contributed by atoms with Crippen molar-refractivity contribution in [3.05, 3.63) is 73.0 Å². The normalized spacial score (nSPS) is 11.3. The van der Waals surface area contributed by atoms with Crippen molar-refractivity contribution in [2.75, 3.05) is 5.75 Å². The maximum absolute atomic E-state index is 12.3. The molecule has 4 nitrogen and oxygen atoms in total. The molecule has 0 fully saturated rings. The van der Waals surface area contributed by atoms with Gasteiger partial charge >= 0.3 is 11.6 Å². The second-order valence-corrected chi connectivity index (χ2v) is 9.64. The SMILES string of the molecule is Cc1cc(SCC(=O)OCc2cc(=O)oc3cc(C)c(C(C)C)cc23)c(C)cc1Br. The Hall–Kier alpha value is -2.05. The van der Waals surface area contributed by atoms with Gasteiger partial charge in [0, 0.05) is 26.4 Å². The average Bonchev–Trinajstić information content (AvgIpc) is 2.66. The van der Waals surface area contributed by atoms with Crippen molar-refractivity contribution in [1.82, 2.24) is 0 Å². The molecule has 3 rings (SSSR count). The van der Waals surface area contributed by atoms with E-state index in [9.17, 15) is 9.59 Å². The monoisotopic (exact) mass is 488 g/mol. The molecule has 6 heteroatoms. The number of ether oxygens (including phenoxy) is 1. The first-order valence-corrected chi connectivity index (χ1v) is 11.6. The number of carbonyl (C=O) groups excluding carboxylic acids is 1. The average molecular weight is 489 g/mol. The van der Waals surface area contributed by atoms with Crippen molar-refractivity contribution in [1.29, 1.82) is 0 Å². The molecule has 0 saturated heterocycles. The predicted molar refractivity (Wildman–Crippen MR) is 125 cm³/mol. The van der Waals surface area contributed by atoms with E-state index in [1.807, 2.05) is 39.0 Å². The number of aryl methyl sites for hydroxylation is 3. The van der Waals surface area contributed by atoms with E-state index in [-0.39, 0.29) is 18.3 Å². The first-order valence-electron chi connectivity index (χ1n) is 9.78. The Kier molecular flexibility index (Phi) is 7.09. The number of hydrogen-bond donors (Lipinski definition) is 0. The molecule has 0 aliphatic rings. The second kappa shape index (κ2) is 9.40. The van der Waals surface area contributed by atoms with Gasteiger partial charge < -0.3 is 9.15 Å². The standard InChI is InChI=1S/C24H25BrO4S/c1-13(2)18-10-19-17(9-23(26)29-21(19)7-14(18)3)11-28-24(27)12-30-22-8-15(4)20(25)6-16(22)5/h6-10,13H,11-12H2,1-5H3. The lowest BCUT2D eigenvalue weighted by molar-refractivity contribution is -0.141. The minimum atomic E-state index is -0.444. The summed E-state index contributed by atoms with van der Waals surface area (Å²) in [6, 6.07) is 9.43. The van der Waals surface area contributed by atoms with Crippen molar-refractivity contribution in [2.24, 2.45) is 0 Å². The van der Waals surface area contributed by atoms with E-state index in [1.165, 1.54) is 23.4 Å². The van der Waals surface area contributed by atoms with Crippen LogP contribution >= 0.6 is 27.7 Å². The number of rotatable bonds is 6. The lowest BCUT2D eigenvalue weighted by Gasteiger charge is -2.13. The van der Waals surface area contributed by atoms with Crippen LogP contribution in [0.2, 0.25) is 0 Å². The fourth-order valence-corrected chi connectivity index (χ4v) is 4.74. The van der Waals surface area contributed by atoms with Crippen molar-refractivity contribution in [3.8, 4) is 0 Å². The van der Waals surface area contributed by atoms with Gasteiger partial charge in [-0.05, 0) is 73.2 Å². The van der Waals surface area contributed by atoms with Crippen LogP contribution in [0.4, 0.5) is 0 Å². The quantitative estimate of drug-likeness (QED) is 0.227. The minimum Gasteiger partial charge on any atom is -0.460 e. The predicted octanol–water partition coefficient (Wildman–Crippen LogP) is 6.44. The number of thioether (sulfide) groups is 1. The van der Waals surface area contributed by atoms with Crippen LogP contribution < -0.4 is 5.63 Å². The molecular weight excluding hydrogens is 464 g/mol. The molecular formula is C24H25BrO4S. The maximum Gasteiger partial charge on any atom is 0.336 e. The van der Waals surface area contributed by atoms with Crippen molar-refractivity contribution in [2.45, 2.75) is 52.0 Å². The molecule has 0 atom stereocenters. The summed E-state index contributed by atoms with van der Waals surface area (Å²) >= 11 is 4.97. The Labute approximate surface area is 189 Å². The third-order valence-electron chi connectivity index (χ3n) is 5.03. The third-order valence-corrected chi connectivity index (χ3v) is 7.01. The van der Waals surface area contributed by atoms with Gasteiger partial charge in [-0.3, -0.25) is 4.79 Å². The third kappa shape index (κ3) is 5.16. The number of fused-ring (bicyclic) bond motifs is 1. The Morgan fingerprint density at radius 2 is 1.80 bits per heavy atom. The summed E-state index contributed by atoms with van der Waals surface area (Å²) in [6.07, 6.45) is 0. The van der Waals surface area contributed by atoms with E-state index in [1.54, 1.807) is 0 Å². The highest BCUT2D eigenvalue weighted by Gasteiger charge is 2.14. The highest BCUT2D eigenvalue weighted by atomic mass is 79.9. The van der Waals surface area contributed by atoms with Crippen LogP contribution in [0.25, 0.3) is 11.0 Å². The van der Waals surface area contributed by atoms with E-state index in [0.717, 1.165) is 31.4 Å². The maximum atomic E-state index is 12.3. The Morgan fingerprint density at radius 1 is 1.07 bits per heavy atom. The number of halogens is 1. The summed E-state index contributed by atoms with van der Waals surface area (Å²) in [6.45, 7) is 10.3. The van der Waals surface area contributed by atoms with E-state index in [4.69, 9.17) is 9.15 Å². The summed E-state index contributed by atoms with van der Waals surface area (Å²) in [7, 11) is 0. The number of benzene rings is 2. The minimum absolute atomic E-state index is 0.0421. The number of esters is 1. The highest BCUT2D eigenvalue weighted by molar-refractivity contribution is 9.10. The van der Waals surface area contributed by atoms with Crippen molar-refractivity contribution in [3.63, 3.8) is 0 Å². The smallest absolute Gasteiger partial charge is 0.336 e. The second-order valence-electron chi connectivity index (χ2n) is 7.77. The van der Waals surface area contributed by atoms with Gasteiger partial charge in [-0.1, -0.05) is 29.8 Å². The largest absolute Gasteiger partial charge is 0.460 e. The summed E-state index contributed by atoms with van der Waals surface area (Å²) in [5.74, 6) is 0.223. The van der Waals surface area contributed by atoms with Crippen LogP contribution in [0.1, 0.15) is 47.6 Å². The lowest BCUT2D eigenvalue weighted by Crippen LogP contribution is -2.10. The molecule has 0 aliphatic carbocycles. The molecule has 0 amide bonds. The van der Waals surface area contributed by atoms with E-state index < -0.39 is 5.63 Å². The van der Waals surface area contributed by atoms with Gasteiger partial charge in [-0.15, -0.1) is 11.8 Å². The topological polar surface area (TPSA) is 56.5 Å². The molecule has 1 heterocycles. The molecule has 1 aromatic heterocycles. The molecule has 0 aliphatic heterocycles. The zero-order chi connectivity index (χ0) is 22.0. The zero-order valence-corrected chi connectivity index (χ0v) is 20.2. The first kappa shape index (κ1) is 22.6. The van der Waals surface area contributed by atoms with E-state index in [0.29, 0.717) is 17.1 Å². The molecule has 158 valence electrons. The Morgan fingerprint density at radius 3 is 2.50 bits per heavy atom. The molecule has 0 bridgehead atoms. The van der Waals surface area contributed by atoms with Gasteiger partial charge in [0.05, 0.1) is 5.75 Å². The van der Waals surface area contributed by atoms with Gasteiger partial charge in [-0.25, -0.2) is 4.79 Å².